The first kappa shape index (κ1) is 19.9. The molecule has 0 spiro atoms. The smallest absolute Gasteiger partial charge is 0.248 e. The van der Waals surface area contributed by atoms with E-state index in [1.165, 1.54) is 5.56 Å². The quantitative estimate of drug-likeness (QED) is 0.571. The summed E-state index contributed by atoms with van der Waals surface area (Å²) in [6.45, 7) is 3.89. The van der Waals surface area contributed by atoms with E-state index in [0.717, 1.165) is 37.6 Å². The average Bonchev–Trinajstić information content (AvgIpc) is 3.18. The van der Waals surface area contributed by atoms with E-state index >= 15 is 0 Å². The second kappa shape index (κ2) is 9.90. The summed E-state index contributed by atoms with van der Waals surface area (Å²) < 4.78 is 5.90. The molecule has 1 unspecified atom stereocenters. The van der Waals surface area contributed by atoms with Gasteiger partial charge in [-0.15, -0.1) is 0 Å². The minimum atomic E-state index is -0.413. The Morgan fingerprint density at radius 1 is 1.21 bits per heavy atom. The highest BCUT2D eigenvalue weighted by Crippen LogP contribution is 2.17. The fraction of sp³-hybridized carbons (Fsp3) is 0.364. The van der Waals surface area contributed by atoms with Crippen LogP contribution in [0.15, 0.2) is 59.6 Å². The third-order valence-electron chi connectivity index (χ3n) is 4.92. The summed E-state index contributed by atoms with van der Waals surface area (Å²) >= 11 is 0. The lowest BCUT2D eigenvalue weighted by molar-refractivity contribution is 0.0906. The largest absolute Gasteiger partial charge is 0.376 e. The van der Waals surface area contributed by atoms with Gasteiger partial charge in [0, 0.05) is 38.2 Å². The third-order valence-corrected chi connectivity index (χ3v) is 4.92. The number of benzene rings is 2. The Hall–Kier alpha value is -2.86. The zero-order chi connectivity index (χ0) is 19.8. The number of likely N-dealkylation sites (tertiary alicyclic amines) is 1. The summed E-state index contributed by atoms with van der Waals surface area (Å²) in [4.78, 5) is 18.0. The lowest BCUT2D eigenvalue weighted by atomic mass is 10.1. The standard InChI is InChI=1S/C22H28N4O2/c1-24-22(25-13-18-8-5-9-20(12-18)21(23)27)26-11-10-19(14-26)16-28-15-17-6-3-2-4-7-17/h2-9,12,19H,10-11,13-16H2,1H3,(H2,23,27)(H,24,25). The van der Waals surface area contributed by atoms with Crippen molar-refractivity contribution in [3.63, 3.8) is 0 Å². The van der Waals surface area contributed by atoms with Crippen LogP contribution in [-0.2, 0) is 17.9 Å². The van der Waals surface area contributed by atoms with Crippen LogP contribution < -0.4 is 11.1 Å². The van der Waals surface area contributed by atoms with Crippen molar-refractivity contribution in [3.8, 4) is 0 Å². The highest BCUT2D eigenvalue weighted by molar-refractivity contribution is 5.92. The number of nitrogens with one attached hydrogen (secondary N) is 1. The number of hydrogen-bond donors (Lipinski definition) is 2. The monoisotopic (exact) mass is 380 g/mol. The van der Waals surface area contributed by atoms with Gasteiger partial charge in [0.15, 0.2) is 5.96 Å². The minimum absolute atomic E-state index is 0.413. The molecule has 6 nitrogen and oxygen atoms in total. The fourth-order valence-electron chi connectivity index (χ4n) is 3.43. The Morgan fingerprint density at radius 2 is 2.00 bits per heavy atom. The zero-order valence-corrected chi connectivity index (χ0v) is 16.3. The highest BCUT2D eigenvalue weighted by Gasteiger charge is 2.25. The van der Waals surface area contributed by atoms with Crippen LogP contribution in [0.5, 0.6) is 0 Å². The lowest BCUT2D eigenvalue weighted by Crippen LogP contribution is -2.39. The molecule has 1 heterocycles. The highest BCUT2D eigenvalue weighted by atomic mass is 16.5. The van der Waals surface area contributed by atoms with Gasteiger partial charge in [-0.1, -0.05) is 42.5 Å². The molecule has 0 bridgehead atoms. The molecule has 6 heteroatoms. The van der Waals surface area contributed by atoms with E-state index in [1.54, 1.807) is 13.1 Å². The van der Waals surface area contributed by atoms with Crippen molar-refractivity contribution in [2.45, 2.75) is 19.6 Å². The van der Waals surface area contributed by atoms with Crippen LogP contribution in [0, 0.1) is 5.92 Å². The van der Waals surface area contributed by atoms with Crippen LogP contribution in [0.25, 0.3) is 0 Å². The van der Waals surface area contributed by atoms with E-state index in [1.807, 2.05) is 36.4 Å². The number of nitrogens with zero attached hydrogens (tertiary/aromatic N) is 2. The molecule has 1 atom stereocenters. The summed E-state index contributed by atoms with van der Waals surface area (Å²) in [6, 6.07) is 17.6. The minimum Gasteiger partial charge on any atom is -0.376 e. The van der Waals surface area contributed by atoms with Gasteiger partial charge in [0.05, 0.1) is 13.2 Å². The number of guanidine groups is 1. The second-order valence-corrected chi connectivity index (χ2v) is 7.07. The first-order chi connectivity index (χ1) is 13.7. The Bertz CT molecular complexity index is 807. The molecular formula is C22H28N4O2. The van der Waals surface area contributed by atoms with Gasteiger partial charge >= 0.3 is 0 Å². The maximum Gasteiger partial charge on any atom is 0.248 e. The molecule has 0 aromatic heterocycles. The van der Waals surface area contributed by atoms with Crippen molar-refractivity contribution in [2.75, 3.05) is 26.7 Å². The molecule has 1 fully saturated rings. The number of aliphatic imine (C=N–C) groups is 1. The number of amides is 1. The van der Waals surface area contributed by atoms with Gasteiger partial charge in [0.25, 0.3) is 0 Å². The zero-order valence-electron chi connectivity index (χ0n) is 16.3. The fourth-order valence-corrected chi connectivity index (χ4v) is 3.43. The summed E-state index contributed by atoms with van der Waals surface area (Å²) in [5.74, 6) is 0.958. The summed E-state index contributed by atoms with van der Waals surface area (Å²) in [5.41, 5.74) is 8.07. The summed E-state index contributed by atoms with van der Waals surface area (Å²) in [7, 11) is 1.79. The predicted molar refractivity (Wildman–Crippen MR) is 111 cm³/mol. The molecule has 3 N–H and O–H groups in total. The van der Waals surface area contributed by atoms with Gasteiger partial charge in [-0.3, -0.25) is 9.79 Å². The molecule has 0 radical (unpaired) electrons. The van der Waals surface area contributed by atoms with E-state index < -0.39 is 5.91 Å². The van der Waals surface area contributed by atoms with Crippen LogP contribution in [0.1, 0.15) is 27.9 Å². The molecule has 3 rings (SSSR count). The van der Waals surface area contributed by atoms with Crippen molar-refractivity contribution in [3.05, 3.63) is 71.3 Å². The van der Waals surface area contributed by atoms with E-state index in [4.69, 9.17) is 10.5 Å². The number of nitrogens with two attached hydrogens (primary N) is 1. The number of primary amides is 1. The number of hydrogen-bond acceptors (Lipinski definition) is 3. The van der Waals surface area contributed by atoms with Crippen LogP contribution in [0.2, 0.25) is 0 Å². The molecule has 28 heavy (non-hydrogen) atoms. The predicted octanol–water partition coefficient (Wildman–Crippen LogP) is 2.40. The first-order valence-corrected chi connectivity index (χ1v) is 9.61. The van der Waals surface area contributed by atoms with Crippen LogP contribution in [0.4, 0.5) is 0 Å². The molecule has 2 aromatic carbocycles. The van der Waals surface area contributed by atoms with Gasteiger partial charge in [-0.05, 0) is 29.7 Å². The van der Waals surface area contributed by atoms with Crippen molar-refractivity contribution >= 4 is 11.9 Å². The van der Waals surface area contributed by atoms with Crippen LogP contribution in [0.3, 0.4) is 0 Å². The Balaban J connectivity index is 1.45. The lowest BCUT2D eigenvalue weighted by Gasteiger charge is -2.22. The van der Waals surface area contributed by atoms with Crippen molar-refractivity contribution in [1.29, 1.82) is 0 Å². The second-order valence-electron chi connectivity index (χ2n) is 7.07. The van der Waals surface area contributed by atoms with Gasteiger partial charge in [-0.2, -0.15) is 0 Å². The Morgan fingerprint density at radius 3 is 2.75 bits per heavy atom. The first-order valence-electron chi connectivity index (χ1n) is 9.61. The number of carbonyl (C=O) groups is 1. The SMILES string of the molecule is CN=C(NCc1cccc(C(N)=O)c1)N1CCC(COCc2ccccc2)C1. The van der Waals surface area contributed by atoms with Gasteiger partial charge in [0.2, 0.25) is 5.91 Å². The van der Waals surface area contributed by atoms with E-state index in [0.29, 0.717) is 24.6 Å². The molecule has 0 aliphatic carbocycles. The molecule has 0 saturated carbocycles. The third kappa shape index (κ3) is 5.57. The molecular weight excluding hydrogens is 352 g/mol. The van der Waals surface area contributed by atoms with Crippen molar-refractivity contribution in [2.24, 2.45) is 16.6 Å². The van der Waals surface area contributed by atoms with Gasteiger partial charge < -0.3 is 20.7 Å². The summed E-state index contributed by atoms with van der Waals surface area (Å²) in [5, 5.41) is 3.38. The molecule has 2 aromatic rings. The number of rotatable bonds is 7. The van der Waals surface area contributed by atoms with Crippen LogP contribution in [-0.4, -0.2) is 43.5 Å². The molecule has 1 saturated heterocycles. The maximum atomic E-state index is 11.3. The van der Waals surface area contributed by atoms with Crippen molar-refractivity contribution in [1.82, 2.24) is 10.2 Å². The summed E-state index contributed by atoms with van der Waals surface area (Å²) in [6.07, 6.45) is 1.09. The van der Waals surface area contributed by atoms with Crippen molar-refractivity contribution < 1.29 is 9.53 Å². The Kier molecular flexibility index (Phi) is 7.03. The van der Waals surface area contributed by atoms with Gasteiger partial charge in [0.1, 0.15) is 0 Å². The number of carbonyl (C=O) groups excluding carboxylic acids is 1. The van der Waals surface area contributed by atoms with E-state index in [2.05, 4.69) is 27.3 Å². The topological polar surface area (TPSA) is 79.9 Å². The molecule has 1 aliphatic rings. The van der Waals surface area contributed by atoms with E-state index in [-0.39, 0.29) is 0 Å². The van der Waals surface area contributed by atoms with E-state index in [9.17, 15) is 4.79 Å². The molecule has 1 amide bonds. The normalized spacial score (nSPS) is 17.0. The number of ether oxygens (including phenoxy) is 1. The van der Waals surface area contributed by atoms with Crippen LogP contribution >= 0.6 is 0 Å². The molecule has 1 aliphatic heterocycles. The Labute approximate surface area is 166 Å². The van der Waals surface area contributed by atoms with Gasteiger partial charge in [-0.25, -0.2) is 0 Å². The molecule has 148 valence electrons. The average molecular weight is 380 g/mol. The maximum absolute atomic E-state index is 11.3.